The fraction of sp³-hybridized carbons (Fsp3) is 0.625. The van der Waals surface area contributed by atoms with Crippen LogP contribution in [0.25, 0.3) is 0 Å². The van der Waals surface area contributed by atoms with Crippen LogP contribution >= 0.6 is 0 Å². The number of ether oxygens (including phenoxy) is 1. The zero-order valence-electron chi connectivity index (χ0n) is 26.7. The van der Waals surface area contributed by atoms with Gasteiger partial charge in [0, 0.05) is 6.04 Å². The number of carbonyl (C=O) groups excluding carboxylic acids is 5. The molecular weight excluding hydrogens is 598 g/mol. The van der Waals surface area contributed by atoms with Crippen LogP contribution in [0.3, 0.4) is 0 Å². The van der Waals surface area contributed by atoms with Crippen LogP contribution in [0, 0.1) is 11.8 Å². The summed E-state index contributed by atoms with van der Waals surface area (Å²) in [5, 5.41) is 30.5. The predicted octanol–water partition coefficient (Wildman–Crippen LogP) is 1.23. The van der Waals surface area contributed by atoms with Gasteiger partial charge in [0.1, 0.15) is 6.23 Å². The number of fused-ring (bicyclic) bond motifs is 1. The number of nitrogens with zero attached hydrogens (tertiary/aromatic N) is 1. The van der Waals surface area contributed by atoms with Crippen LogP contribution < -0.4 is 21.3 Å². The van der Waals surface area contributed by atoms with Crippen molar-refractivity contribution in [3.63, 3.8) is 0 Å². The molecular formula is C32H47N5O9. The molecule has 1 aromatic rings. The molecule has 2 fully saturated rings. The maximum absolute atomic E-state index is 13.6. The summed E-state index contributed by atoms with van der Waals surface area (Å²) in [7, 11) is 0. The number of hydrogen-bond acceptors (Lipinski definition) is 9. The number of aliphatic carboxylic acids is 1. The number of likely N-dealkylation sites (tertiary alicyclic amines) is 1. The topological polar surface area (TPSA) is 203 Å². The number of nitrogens with one attached hydrogen (secondary N) is 4. The van der Waals surface area contributed by atoms with Crippen molar-refractivity contribution >= 4 is 35.6 Å². The van der Waals surface area contributed by atoms with E-state index in [2.05, 4.69) is 21.3 Å². The zero-order chi connectivity index (χ0) is 33.8. The number of aliphatic hydroxyl groups excluding tert-OH is 1. The van der Waals surface area contributed by atoms with Crippen LogP contribution in [-0.2, 0) is 28.7 Å². The Morgan fingerprint density at radius 1 is 1.00 bits per heavy atom. The molecule has 1 aliphatic heterocycles. The van der Waals surface area contributed by atoms with Crippen molar-refractivity contribution in [3.05, 3.63) is 35.9 Å². The molecule has 6 N–H and O–H groups in total. The van der Waals surface area contributed by atoms with E-state index >= 15 is 0 Å². The SMILES string of the molecule is CCCC(NC(=O)[C@@H]1C[C@@H]2CCCC[C@@H]2N1C(O)CNC(=O)OCC(C)C)C(=O)C(=O)NCC(=O)NC(C(=O)O)c1ccccc1. The first kappa shape index (κ1) is 36.4. The standard InChI is InChI=1S/C32H47N5O9/c1-4-10-22(28(40)30(42)33-16-25(38)36-27(31(43)44)20-11-6-5-7-12-20)35-29(41)24-15-21-13-8-9-14-23(21)37(24)26(39)17-34-32(45)46-18-19(2)3/h5-7,11-12,19,21-24,26-27,39H,4,8-10,13-18H2,1-3H3,(H,33,42)(H,34,45)(H,35,41)(H,36,38)(H,43,44)/t21-,22?,23-,24-,26?,27?/m0/s1. The summed E-state index contributed by atoms with van der Waals surface area (Å²) in [5.74, 6) is -4.36. The van der Waals surface area contributed by atoms with Crippen LogP contribution in [0.1, 0.15) is 77.3 Å². The van der Waals surface area contributed by atoms with E-state index in [1.165, 1.54) is 12.1 Å². The Hall–Kier alpha value is -4.04. The van der Waals surface area contributed by atoms with Crippen molar-refractivity contribution in [2.45, 2.75) is 96.1 Å². The van der Waals surface area contributed by atoms with Gasteiger partial charge in [-0.05, 0) is 43.1 Å². The smallest absolute Gasteiger partial charge is 0.407 e. The molecule has 14 nitrogen and oxygen atoms in total. The van der Waals surface area contributed by atoms with Gasteiger partial charge < -0.3 is 36.2 Å². The molecule has 1 saturated heterocycles. The molecule has 46 heavy (non-hydrogen) atoms. The van der Waals surface area contributed by atoms with E-state index in [9.17, 15) is 39.0 Å². The van der Waals surface area contributed by atoms with Crippen molar-refractivity contribution in [1.82, 2.24) is 26.2 Å². The molecule has 0 bridgehead atoms. The molecule has 1 aromatic carbocycles. The predicted molar refractivity (Wildman–Crippen MR) is 166 cm³/mol. The minimum Gasteiger partial charge on any atom is -0.479 e. The third-order valence-corrected chi connectivity index (χ3v) is 8.29. The molecule has 0 radical (unpaired) electrons. The molecule has 1 heterocycles. The number of aliphatic hydroxyl groups is 1. The molecule has 3 unspecified atom stereocenters. The number of benzene rings is 1. The van der Waals surface area contributed by atoms with E-state index < -0.39 is 66.5 Å². The summed E-state index contributed by atoms with van der Waals surface area (Å²) < 4.78 is 5.12. The second kappa shape index (κ2) is 17.6. The first-order chi connectivity index (χ1) is 21.9. The van der Waals surface area contributed by atoms with Crippen LogP contribution in [0.5, 0.6) is 0 Å². The van der Waals surface area contributed by atoms with Crippen LogP contribution in [-0.4, -0.2) is 94.7 Å². The van der Waals surface area contributed by atoms with Gasteiger partial charge in [-0.3, -0.25) is 24.1 Å². The van der Waals surface area contributed by atoms with Crippen molar-refractivity contribution in [2.75, 3.05) is 19.7 Å². The maximum Gasteiger partial charge on any atom is 0.407 e. The van der Waals surface area contributed by atoms with Crippen LogP contribution in [0.4, 0.5) is 4.79 Å². The number of carboxylic acid groups (broad SMARTS) is 1. The van der Waals surface area contributed by atoms with Gasteiger partial charge in [-0.1, -0.05) is 70.4 Å². The van der Waals surface area contributed by atoms with Crippen molar-refractivity contribution in [3.8, 4) is 0 Å². The van der Waals surface area contributed by atoms with Gasteiger partial charge in [0.25, 0.3) is 5.91 Å². The number of carbonyl (C=O) groups is 6. The molecule has 1 saturated carbocycles. The van der Waals surface area contributed by atoms with Gasteiger partial charge in [0.05, 0.1) is 31.8 Å². The average Bonchev–Trinajstić information content (AvgIpc) is 3.43. The highest BCUT2D eigenvalue weighted by Gasteiger charge is 2.48. The number of rotatable bonds is 16. The second-order valence-corrected chi connectivity index (χ2v) is 12.3. The Morgan fingerprint density at radius 2 is 1.70 bits per heavy atom. The van der Waals surface area contributed by atoms with Gasteiger partial charge in [-0.25, -0.2) is 9.59 Å². The molecule has 6 atom stereocenters. The Morgan fingerprint density at radius 3 is 2.35 bits per heavy atom. The van der Waals surface area contributed by atoms with Crippen LogP contribution in [0.2, 0.25) is 0 Å². The van der Waals surface area contributed by atoms with E-state index in [0.29, 0.717) is 18.4 Å². The van der Waals surface area contributed by atoms with E-state index in [-0.39, 0.29) is 37.5 Å². The molecule has 0 aromatic heterocycles. The van der Waals surface area contributed by atoms with Gasteiger partial charge in [-0.15, -0.1) is 0 Å². The van der Waals surface area contributed by atoms with Crippen LogP contribution in [0.15, 0.2) is 30.3 Å². The number of amides is 4. The van der Waals surface area contributed by atoms with E-state index in [1.54, 1.807) is 30.0 Å². The summed E-state index contributed by atoms with van der Waals surface area (Å²) >= 11 is 0. The lowest BCUT2D eigenvalue weighted by Crippen LogP contribution is -2.57. The molecule has 1 aliphatic carbocycles. The molecule has 14 heteroatoms. The van der Waals surface area contributed by atoms with Crippen molar-refractivity contribution in [2.24, 2.45) is 11.8 Å². The first-order valence-corrected chi connectivity index (χ1v) is 16.0. The number of carboxylic acids is 1. The lowest BCUT2D eigenvalue weighted by atomic mass is 9.84. The van der Waals surface area contributed by atoms with Gasteiger partial charge in [0.2, 0.25) is 17.6 Å². The summed E-state index contributed by atoms with van der Waals surface area (Å²) in [5.41, 5.74) is 0.337. The third kappa shape index (κ3) is 10.2. The van der Waals surface area contributed by atoms with Crippen molar-refractivity contribution < 1.29 is 43.7 Å². The molecule has 4 amide bonds. The molecule has 2 aliphatic rings. The van der Waals surface area contributed by atoms with E-state index in [0.717, 1.165) is 25.7 Å². The quantitative estimate of drug-likeness (QED) is 0.142. The first-order valence-electron chi connectivity index (χ1n) is 16.0. The van der Waals surface area contributed by atoms with E-state index in [1.807, 2.05) is 13.8 Å². The second-order valence-electron chi connectivity index (χ2n) is 12.3. The summed E-state index contributed by atoms with van der Waals surface area (Å²) in [6.07, 6.45) is 2.83. The van der Waals surface area contributed by atoms with Crippen molar-refractivity contribution in [1.29, 1.82) is 0 Å². The maximum atomic E-state index is 13.6. The zero-order valence-corrected chi connectivity index (χ0v) is 26.7. The Kier molecular flexibility index (Phi) is 13.9. The monoisotopic (exact) mass is 645 g/mol. The largest absolute Gasteiger partial charge is 0.479 e. The summed E-state index contributed by atoms with van der Waals surface area (Å²) in [4.78, 5) is 77.5. The molecule has 0 spiro atoms. The highest BCUT2D eigenvalue weighted by atomic mass is 16.5. The minimum atomic E-state index is -1.34. The Labute approximate surface area is 269 Å². The van der Waals surface area contributed by atoms with Gasteiger partial charge >= 0.3 is 12.1 Å². The third-order valence-electron chi connectivity index (χ3n) is 8.29. The summed E-state index contributed by atoms with van der Waals surface area (Å²) in [6.45, 7) is 5.02. The highest BCUT2D eigenvalue weighted by Crippen LogP contribution is 2.40. The Balaban J connectivity index is 1.61. The van der Waals surface area contributed by atoms with Gasteiger partial charge in [-0.2, -0.15) is 0 Å². The average molecular weight is 646 g/mol. The number of ketones is 1. The molecule has 3 rings (SSSR count). The normalized spacial score (nSPS) is 21.3. The highest BCUT2D eigenvalue weighted by molar-refractivity contribution is 6.38. The molecule has 254 valence electrons. The number of Topliss-reactive ketones (excluding diaryl/α,β-unsaturated/α-hetero) is 1. The van der Waals surface area contributed by atoms with Gasteiger partial charge in [0.15, 0.2) is 6.04 Å². The number of hydrogen-bond donors (Lipinski definition) is 6. The lowest BCUT2D eigenvalue weighted by Gasteiger charge is -2.37. The number of alkyl carbamates (subject to hydrolysis) is 1. The fourth-order valence-electron chi connectivity index (χ4n) is 6.12. The fourth-order valence-corrected chi connectivity index (χ4v) is 6.12. The lowest BCUT2D eigenvalue weighted by molar-refractivity contribution is -0.143. The summed E-state index contributed by atoms with van der Waals surface area (Å²) in [6, 6.07) is 4.64. The van der Waals surface area contributed by atoms with E-state index in [4.69, 9.17) is 4.74 Å². The minimum absolute atomic E-state index is 0.0827. The Bertz CT molecular complexity index is 1230.